The van der Waals surface area contributed by atoms with Crippen molar-refractivity contribution >= 4 is 23.1 Å². The van der Waals surface area contributed by atoms with Gasteiger partial charge in [0.1, 0.15) is 17.3 Å². The predicted octanol–water partition coefficient (Wildman–Crippen LogP) is 3.73. The van der Waals surface area contributed by atoms with Crippen molar-refractivity contribution in [3.63, 3.8) is 0 Å². The summed E-state index contributed by atoms with van der Waals surface area (Å²) in [6, 6.07) is 16.2. The number of aliphatic hydroxyl groups excluding tert-OH is 1. The predicted molar refractivity (Wildman–Crippen MR) is 115 cm³/mol. The van der Waals surface area contributed by atoms with E-state index in [1.807, 2.05) is 0 Å². The Bertz CT molecular complexity index is 1170. The normalized spacial score (nSPS) is 17.6. The van der Waals surface area contributed by atoms with E-state index in [9.17, 15) is 14.7 Å². The highest BCUT2D eigenvalue weighted by Crippen LogP contribution is 2.42. The van der Waals surface area contributed by atoms with E-state index in [-0.39, 0.29) is 11.3 Å². The molecule has 0 aliphatic carbocycles. The second-order valence-corrected chi connectivity index (χ2v) is 6.89. The number of aromatic nitrogens is 1. The molecule has 7 nitrogen and oxygen atoms in total. The average Bonchev–Trinajstić information content (AvgIpc) is 3.09. The Hall–Kier alpha value is -4.13. The van der Waals surface area contributed by atoms with Crippen LogP contribution < -0.4 is 14.4 Å². The number of pyridine rings is 1. The molecule has 1 aliphatic rings. The summed E-state index contributed by atoms with van der Waals surface area (Å²) in [4.78, 5) is 31.7. The first kappa shape index (κ1) is 20.2. The lowest BCUT2D eigenvalue weighted by atomic mass is 9.96. The summed E-state index contributed by atoms with van der Waals surface area (Å²) in [6.45, 7) is 0. The fourth-order valence-electron chi connectivity index (χ4n) is 3.64. The maximum Gasteiger partial charge on any atom is 0.300 e. The number of hydrogen-bond acceptors (Lipinski definition) is 6. The monoisotopic (exact) mass is 416 g/mol. The third kappa shape index (κ3) is 3.61. The minimum Gasteiger partial charge on any atom is -0.507 e. The summed E-state index contributed by atoms with van der Waals surface area (Å²) >= 11 is 0. The molecular formula is C24H20N2O5. The van der Waals surface area contributed by atoms with Crippen molar-refractivity contribution in [1.82, 2.24) is 4.98 Å². The van der Waals surface area contributed by atoms with Gasteiger partial charge in [-0.25, -0.2) is 0 Å². The number of aliphatic hydroxyl groups is 1. The highest BCUT2D eigenvalue weighted by molar-refractivity contribution is 6.51. The summed E-state index contributed by atoms with van der Waals surface area (Å²) in [5.41, 5.74) is 1.42. The van der Waals surface area contributed by atoms with Crippen molar-refractivity contribution in [2.45, 2.75) is 6.04 Å². The molecule has 1 saturated heterocycles. The third-order valence-electron chi connectivity index (χ3n) is 5.12. The number of benzene rings is 2. The Balaban J connectivity index is 1.93. The molecule has 1 N–H and O–H groups in total. The van der Waals surface area contributed by atoms with Crippen LogP contribution >= 0.6 is 0 Å². The number of nitrogens with zero attached hydrogens (tertiary/aromatic N) is 2. The van der Waals surface area contributed by atoms with Crippen LogP contribution in [0.5, 0.6) is 11.5 Å². The molecule has 0 saturated carbocycles. The molecule has 31 heavy (non-hydrogen) atoms. The van der Waals surface area contributed by atoms with Crippen molar-refractivity contribution in [2.24, 2.45) is 0 Å². The van der Waals surface area contributed by atoms with Crippen LogP contribution in [0.15, 0.2) is 78.6 Å². The smallest absolute Gasteiger partial charge is 0.300 e. The van der Waals surface area contributed by atoms with Crippen LogP contribution in [0.3, 0.4) is 0 Å². The number of carbonyl (C=O) groups is 2. The molecule has 7 heteroatoms. The lowest BCUT2D eigenvalue weighted by Crippen LogP contribution is -2.29. The molecule has 1 atom stereocenters. The molecule has 156 valence electrons. The molecule has 4 rings (SSSR count). The zero-order chi connectivity index (χ0) is 22.0. The molecule has 1 aromatic heterocycles. The first-order valence-electron chi connectivity index (χ1n) is 9.54. The standard InChI is InChI=1S/C24H20N2O5/c1-30-18-9-3-6-15(12-18)22(27)20-21(16-7-5-11-25-14-16)26(24(29)23(20)28)17-8-4-10-19(13-17)31-2/h3-14,21,27H,1-2H3/b22-20+. The maximum atomic E-state index is 13.1. The minimum atomic E-state index is -0.855. The number of ether oxygens (including phenoxy) is 2. The van der Waals surface area contributed by atoms with Gasteiger partial charge in [0.2, 0.25) is 0 Å². The number of anilines is 1. The first-order valence-corrected chi connectivity index (χ1v) is 9.54. The molecule has 3 aromatic rings. The van der Waals surface area contributed by atoms with Crippen molar-refractivity contribution in [2.75, 3.05) is 19.1 Å². The SMILES string of the molecule is COc1cccc(/C(O)=C2\C(=O)C(=O)N(c3cccc(OC)c3)C2c2cccnc2)c1. The van der Waals surface area contributed by atoms with Crippen molar-refractivity contribution in [3.05, 3.63) is 89.8 Å². The minimum absolute atomic E-state index is 0.0194. The Labute approximate surface area is 179 Å². The van der Waals surface area contributed by atoms with Crippen molar-refractivity contribution in [1.29, 1.82) is 0 Å². The third-order valence-corrected chi connectivity index (χ3v) is 5.12. The van der Waals surface area contributed by atoms with Crippen LogP contribution in [0.25, 0.3) is 5.76 Å². The van der Waals surface area contributed by atoms with Gasteiger partial charge in [0.05, 0.1) is 25.8 Å². The van der Waals surface area contributed by atoms with Gasteiger partial charge in [-0.1, -0.05) is 24.3 Å². The molecule has 0 radical (unpaired) electrons. The van der Waals surface area contributed by atoms with E-state index in [4.69, 9.17) is 9.47 Å². The van der Waals surface area contributed by atoms with E-state index >= 15 is 0 Å². The quantitative estimate of drug-likeness (QED) is 0.387. The lowest BCUT2D eigenvalue weighted by molar-refractivity contribution is -0.132. The molecule has 0 spiro atoms. The van der Waals surface area contributed by atoms with E-state index in [1.165, 1.54) is 19.1 Å². The summed E-state index contributed by atoms with van der Waals surface area (Å²) in [5, 5.41) is 11.1. The highest BCUT2D eigenvalue weighted by atomic mass is 16.5. The fourth-order valence-corrected chi connectivity index (χ4v) is 3.64. The van der Waals surface area contributed by atoms with Gasteiger partial charge in [-0.2, -0.15) is 0 Å². The molecule has 2 heterocycles. The number of ketones is 1. The van der Waals surface area contributed by atoms with Gasteiger partial charge < -0.3 is 14.6 Å². The molecular weight excluding hydrogens is 396 g/mol. The molecule has 0 bridgehead atoms. The second kappa shape index (κ2) is 8.31. The number of Topliss-reactive ketones (excluding diaryl/α,β-unsaturated/α-hetero) is 1. The summed E-state index contributed by atoms with van der Waals surface area (Å²) in [5.74, 6) is -0.749. The Morgan fingerprint density at radius 2 is 1.68 bits per heavy atom. The Kier molecular flexibility index (Phi) is 5.41. The van der Waals surface area contributed by atoms with Crippen molar-refractivity contribution in [3.8, 4) is 11.5 Å². The number of amides is 1. The Morgan fingerprint density at radius 3 is 2.35 bits per heavy atom. The number of carbonyl (C=O) groups excluding carboxylic acids is 2. The van der Waals surface area contributed by atoms with Gasteiger partial charge >= 0.3 is 0 Å². The maximum absolute atomic E-state index is 13.1. The van der Waals surface area contributed by atoms with Gasteiger partial charge in [-0.15, -0.1) is 0 Å². The first-order chi connectivity index (χ1) is 15.0. The molecule has 1 amide bonds. The van der Waals surface area contributed by atoms with Gasteiger partial charge in [0.25, 0.3) is 11.7 Å². The number of hydrogen-bond donors (Lipinski definition) is 1. The van der Waals surface area contributed by atoms with Crippen molar-refractivity contribution < 1.29 is 24.2 Å². The van der Waals surface area contributed by atoms with Crippen LogP contribution in [0.2, 0.25) is 0 Å². The van der Waals surface area contributed by atoms with Crippen LogP contribution in [0.4, 0.5) is 5.69 Å². The van der Waals surface area contributed by atoms with E-state index in [2.05, 4.69) is 4.98 Å². The summed E-state index contributed by atoms with van der Waals surface area (Å²) in [6.07, 6.45) is 3.17. The van der Waals surface area contributed by atoms with Gasteiger partial charge in [0.15, 0.2) is 0 Å². The van der Waals surface area contributed by atoms with Gasteiger partial charge in [-0.05, 0) is 35.9 Å². The van der Waals surface area contributed by atoms with Crippen LogP contribution in [0.1, 0.15) is 17.2 Å². The molecule has 1 aliphatic heterocycles. The zero-order valence-electron chi connectivity index (χ0n) is 17.0. The molecule has 2 aromatic carbocycles. The average molecular weight is 416 g/mol. The van der Waals surface area contributed by atoms with Gasteiger partial charge in [-0.3, -0.25) is 19.5 Å². The van der Waals surface area contributed by atoms with Crippen LogP contribution in [0, 0.1) is 0 Å². The molecule has 1 unspecified atom stereocenters. The zero-order valence-corrected chi connectivity index (χ0v) is 17.0. The largest absolute Gasteiger partial charge is 0.507 e. The topological polar surface area (TPSA) is 89.0 Å². The fraction of sp³-hybridized carbons (Fsp3) is 0.125. The highest BCUT2D eigenvalue weighted by Gasteiger charge is 2.47. The number of rotatable bonds is 5. The van der Waals surface area contributed by atoms with Crippen LogP contribution in [-0.2, 0) is 9.59 Å². The summed E-state index contributed by atoms with van der Waals surface area (Å²) in [7, 11) is 3.03. The second-order valence-electron chi connectivity index (χ2n) is 6.89. The van der Waals surface area contributed by atoms with E-state index < -0.39 is 17.7 Å². The van der Waals surface area contributed by atoms with E-state index in [0.717, 1.165) is 0 Å². The van der Waals surface area contributed by atoms with E-state index in [1.54, 1.807) is 73.1 Å². The molecule has 1 fully saturated rings. The summed E-state index contributed by atoms with van der Waals surface area (Å²) < 4.78 is 10.5. The Morgan fingerprint density at radius 1 is 0.968 bits per heavy atom. The van der Waals surface area contributed by atoms with Gasteiger partial charge in [0, 0.05) is 29.7 Å². The van der Waals surface area contributed by atoms with E-state index in [0.29, 0.717) is 28.3 Å². The lowest BCUT2D eigenvalue weighted by Gasteiger charge is -2.25. The number of methoxy groups -OCH3 is 2. The van der Waals surface area contributed by atoms with Crippen LogP contribution in [-0.4, -0.2) is 36.0 Å².